The van der Waals surface area contributed by atoms with Crippen LogP contribution in [0.25, 0.3) is 0 Å². The van der Waals surface area contributed by atoms with Gasteiger partial charge in [-0.05, 0) is 79.2 Å². The van der Waals surface area contributed by atoms with Crippen LogP contribution >= 0.6 is 0 Å². The van der Waals surface area contributed by atoms with Crippen molar-refractivity contribution >= 4 is 11.9 Å². The van der Waals surface area contributed by atoms with Gasteiger partial charge in [0.1, 0.15) is 5.75 Å². The Balaban J connectivity index is 1.64. The van der Waals surface area contributed by atoms with Gasteiger partial charge in [-0.2, -0.15) is 0 Å². The zero-order chi connectivity index (χ0) is 23.9. The summed E-state index contributed by atoms with van der Waals surface area (Å²) in [4.78, 5) is 24.9. The van der Waals surface area contributed by atoms with E-state index < -0.39 is 11.4 Å². The minimum atomic E-state index is -0.996. The monoisotopic (exact) mass is 446 g/mol. The molecule has 2 aliphatic carbocycles. The van der Waals surface area contributed by atoms with Gasteiger partial charge in [0.25, 0.3) is 0 Å². The maximum absolute atomic E-state index is 13.8. The van der Waals surface area contributed by atoms with Crippen LogP contribution in [0.3, 0.4) is 0 Å². The predicted octanol–water partition coefficient (Wildman–Crippen LogP) is 6.85. The number of hydrogen-bond donors (Lipinski definition) is 1. The highest BCUT2D eigenvalue weighted by Gasteiger charge is 2.53. The first-order valence-electron chi connectivity index (χ1n) is 11.9. The molecule has 1 N–H and O–H groups in total. The molecule has 0 radical (unpaired) electrons. The average Bonchev–Trinajstić information content (AvgIpc) is 3.21. The topological polar surface area (TPSA) is 63.6 Å². The lowest BCUT2D eigenvalue weighted by atomic mass is 9.64. The van der Waals surface area contributed by atoms with E-state index in [0.29, 0.717) is 5.75 Å². The second-order valence-corrected chi connectivity index (χ2v) is 11.1. The van der Waals surface area contributed by atoms with Crippen molar-refractivity contribution in [2.24, 2.45) is 16.2 Å². The van der Waals surface area contributed by atoms with Crippen LogP contribution in [0.4, 0.5) is 0 Å². The maximum Gasteiger partial charge on any atom is 0.335 e. The number of carbonyl (C=O) groups excluding carboxylic acids is 1. The predicted molar refractivity (Wildman–Crippen MR) is 129 cm³/mol. The van der Waals surface area contributed by atoms with Crippen molar-refractivity contribution in [3.63, 3.8) is 0 Å². The summed E-state index contributed by atoms with van der Waals surface area (Å²) in [5, 5.41) is 9.15. The molecule has 0 saturated heterocycles. The number of carbonyl (C=O) groups is 2. The Morgan fingerprint density at radius 1 is 0.848 bits per heavy atom. The van der Waals surface area contributed by atoms with E-state index in [1.54, 1.807) is 12.1 Å². The van der Waals surface area contributed by atoms with Crippen molar-refractivity contribution in [2.45, 2.75) is 66.2 Å². The number of benzene rings is 2. The highest BCUT2D eigenvalue weighted by Crippen LogP contribution is 2.61. The fourth-order valence-corrected chi connectivity index (χ4v) is 5.51. The molecule has 0 heterocycles. The summed E-state index contributed by atoms with van der Waals surface area (Å²) in [7, 11) is 0. The molecule has 4 heteroatoms. The van der Waals surface area contributed by atoms with E-state index in [9.17, 15) is 9.59 Å². The van der Waals surface area contributed by atoms with Crippen molar-refractivity contribution in [3.8, 4) is 5.75 Å². The van der Waals surface area contributed by atoms with Crippen LogP contribution in [-0.2, 0) is 11.2 Å². The smallest absolute Gasteiger partial charge is 0.335 e. The van der Waals surface area contributed by atoms with Gasteiger partial charge in [0.2, 0.25) is 0 Å². The van der Waals surface area contributed by atoms with Gasteiger partial charge in [0.05, 0.1) is 11.0 Å². The molecular formula is C29H34O4. The Hall–Kier alpha value is -2.88. The van der Waals surface area contributed by atoms with Crippen LogP contribution in [0.2, 0.25) is 0 Å². The fourth-order valence-electron chi connectivity index (χ4n) is 5.51. The molecule has 2 aromatic rings. The molecule has 4 rings (SSSR count). The van der Waals surface area contributed by atoms with Crippen LogP contribution in [0, 0.1) is 16.2 Å². The van der Waals surface area contributed by atoms with Crippen LogP contribution < -0.4 is 4.74 Å². The first-order valence-corrected chi connectivity index (χ1v) is 11.9. The second kappa shape index (κ2) is 8.48. The summed E-state index contributed by atoms with van der Waals surface area (Å²) in [6.07, 6.45) is 5.26. The number of aromatic carboxylic acids is 1. The van der Waals surface area contributed by atoms with Gasteiger partial charge < -0.3 is 9.84 Å². The van der Waals surface area contributed by atoms with E-state index in [0.717, 1.165) is 38.5 Å². The molecule has 0 saturated carbocycles. The average molecular weight is 447 g/mol. The van der Waals surface area contributed by atoms with Crippen LogP contribution in [0.5, 0.6) is 5.75 Å². The number of hydrogen-bond acceptors (Lipinski definition) is 3. The summed E-state index contributed by atoms with van der Waals surface area (Å²) in [6.45, 7) is 9.23. The lowest BCUT2D eigenvalue weighted by Crippen LogP contribution is -2.34. The molecular weight excluding hydrogens is 412 g/mol. The number of carboxylic acids is 1. The third kappa shape index (κ3) is 4.62. The summed E-state index contributed by atoms with van der Waals surface area (Å²) >= 11 is 0. The molecule has 0 unspecified atom stereocenters. The van der Waals surface area contributed by atoms with Gasteiger partial charge in [-0.15, -0.1) is 0 Å². The van der Waals surface area contributed by atoms with Crippen molar-refractivity contribution < 1.29 is 19.4 Å². The number of rotatable bonds is 6. The van der Waals surface area contributed by atoms with Gasteiger partial charge in [-0.1, -0.05) is 69.2 Å². The van der Waals surface area contributed by atoms with E-state index in [1.807, 2.05) is 18.2 Å². The number of carboxylic acid groups (broad SMARTS) is 1. The molecule has 0 spiro atoms. The number of allylic oxidation sites excluding steroid dienone is 2. The van der Waals surface area contributed by atoms with E-state index in [1.165, 1.54) is 28.8 Å². The Labute approximate surface area is 196 Å². The van der Waals surface area contributed by atoms with Gasteiger partial charge in [-0.3, -0.25) is 4.79 Å². The molecule has 2 aromatic carbocycles. The molecule has 0 aliphatic heterocycles. The lowest BCUT2D eigenvalue weighted by molar-refractivity contribution is -0.146. The molecule has 4 nitrogen and oxygen atoms in total. The summed E-state index contributed by atoms with van der Waals surface area (Å²) in [5.41, 5.74) is 3.83. The first-order chi connectivity index (χ1) is 15.5. The summed E-state index contributed by atoms with van der Waals surface area (Å²) in [5.74, 6) is -0.806. The summed E-state index contributed by atoms with van der Waals surface area (Å²) < 4.78 is 5.91. The maximum atomic E-state index is 13.8. The molecule has 0 atom stereocenters. The van der Waals surface area contributed by atoms with E-state index in [4.69, 9.17) is 9.84 Å². The molecule has 0 aromatic heterocycles. The highest BCUT2D eigenvalue weighted by atomic mass is 16.5. The van der Waals surface area contributed by atoms with Crippen molar-refractivity contribution in [1.29, 1.82) is 0 Å². The zero-order valence-electron chi connectivity index (χ0n) is 20.1. The standard InChI is InChI=1S/C29H34O4/c1-27(2)16-17-28(3,4)24-19-29(18-23(24)27,15-14-20-8-6-5-7-9-20)26(32)33-22-12-10-21(11-13-22)25(30)31/h5-13H,14-19H2,1-4H3,(H,30,31). The summed E-state index contributed by atoms with van der Waals surface area (Å²) in [6, 6.07) is 16.4. The van der Waals surface area contributed by atoms with Crippen molar-refractivity contribution in [3.05, 3.63) is 76.9 Å². The first kappa shape index (κ1) is 23.3. The van der Waals surface area contributed by atoms with Gasteiger partial charge >= 0.3 is 11.9 Å². The lowest BCUT2D eigenvalue weighted by Gasteiger charge is -2.41. The van der Waals surface area contributed by atoms with E-state index in [2.05, 4.69) is 39.8 Å². The number of aryl methyl sites for hydroxylation is 1. The third-order valence-electron chi connectivity index (χ3n) is 7.88. The minimum Gasteiger partial charge on any atom is -0.478 e. The Morgan fingerprint density at radius 3 is 1.91 bits per heavy atom. The Morgan fingerprint density at radius 2 is 1.39 bits per heavy atom. The number of ether oxygens (including phenoxy) is 1. The van der Waals surface area contributed by atoms with Crippen molar-refractivity contribution in [2.75, 3.05) is 0 Å². The molecule has 174 valence electrons. The third-order valence-corrected chi connectivity index (χ3v) is 7.88. The number of esters is 1. The second-order valence-electron chi connectivity index (χ2n) is 11.1. The van der Waals surface area contributed by atoms with Gasteiger partial charge in [0.15, 0.2) is 0 Å². The minimum absolute atomic E-state index is 0.0861. The molecule has 2 aliphatic rings. The zero-order valence-corrected chi connectivity index (χ0v) is 20.1. The fraction of sp³-hybridized carbons (Fsp3) is 0.448. The van der Waals surface area contributed by atoms with Crippen LogP contribution in [-0.4, -0.2) is 17.0 Å². The molecule has 0 amide bonds. The molecule has 0 bridgehead atoms. The van der Waals surface area contributed by atoms with E-state index >= 15 is 0 Å². The molecule has 0 fully saturated rings. The molecule has 33 heavy (non-hydrogen) atoms. The quantitative estimate of drug-likeness (QED) is 0.299. The Bertz CT molecular complexity index is 1050. The highest BCUT2D eigenvalue weighted by molar-refractivity contribution is 5.88. The Kier molecular flexibility index (Phi) is 5.98. The van der Waals surface area contributed by atoms with Gasteiger partial charge in [0, 0.05) is 0 Å². The van der Waals surface area contributed by atoms with Crippen LogP contribution in [0.15, 0.2) is 65.7 Å². The van der Waals surface area contributed by atoms with Crippen LogP contribution in [0.1, 0.15) is 75.7 Å². The SMILES string of the molecule is CC1(C)CCC(C)(C)C2=C1CC(CCc1ccccc1)(C(=O)Oc1ccc(C(=O)O)cc1)C2. The van der Waals surface area contributed by atoms with E-state index in [-0.39, 0.29) is 22.4 Å². The van der Waals surface area contributed by atoms with Crippen molar-refractivity contribution in [1.82, 2.24) is 0 Å². The van der Waals surface area contributed by atoms with Gasteiger partial charge in [-0.25, -0.2) is 4.79 Å². The normalized spacial score (nSPS) is 20.2. The largest absolute Gasteiger partial charge is 0.478 e.